The second-order valence-corrected chi connectivity index (χ2v) is 8.30. The number of pyridine rings is 1. The van der Waals surface area contributed by atoms with E-state index in [1.54, 1.807) is 6.07 Å². The average Bonchev–Trinajstić information content (AvgIpc) is 3.19. The Morgan fingerprint density at radius 3 is 2.42 bits per heavy atom. The molecule has 0 radical (unpaired) electrons. The maximum atomic E-state index is 11.7. The van der Waals surface area contributed by atoms with Gasteiger partial charge in [0.05, 0.1) is 11.2 Å². The van der Waals surface area contributed by atoms with Crippen molar-refractivity contribution in [2.75, 3.05) is 18.0 Å². The number of amides is 1. The fraction of sp³-hybridized carbons (Fsp3) is 0.231. The molecule has 0 bridgehead atoms. The largest absolute Gasteiger partial charge is 0.366 e. The molecule has 5 heteroatoms. The first-order valence-electron chi connectivity index (χ1n) is 10.8. The lowest BCUT2D eigenvalue weighted by Gasteiger charge is -2.34. The van der Waals surface area contributed by atoms with Crippen molar-refractivity contribution >= 4 is 22.6 Å². The summed E-state index contributed by atoms with van der Waals surface area (Å²) in [6, 6.07) is 22.7. The van der Waals surface area contributed by atoms with Crippen LogP contribution in [0.4, 0.5) is 5.82 Å². The smallest absolute Gasteiger partial charge is 0.248 e. The van der Waals surface area contributed by atoms with Gasteiger partial charge in [0.25, 0.3) is 0 Å². The van der Waals surface area contributed by atoms with Crippen LogP contribution in [-0.2, 0) is 6.42 Å². The number of benzene rings is 2. The van der Waals surface area contributed by atoms with Gasteiger partial charge < -0.3 is 10.6 Å². The van der Waals surface area contributed by atoms with Crippen LogP contribution in [0.1, 0.15) is 28.8 Å². The summed E-state index contributed by atoms with van der Waals surface area (Å²) >= 11 is 0. The van der Waals surface area contributed by atoms with E-state index in [4.69, 9.17) is 5.73 Å². The minimum absolute atomic E-state index is 0.401. The number of hydrogen-bond acceptors (Lipinski definition) is 3. The lowest BCUT2D eigenvalue weighted by molar-refractivity contribution is 0.100. The zero-order valence-corrected chi connectivity index (χ0v) is 17.4. The monoisotopic (exact) mass is 410 g/mol. The van der Waals surface area contributed by atoms with E-state index in [9.17, 15) is 4.79 Å². The molecule has 31 heavy (non-hydrogen) atoms. The summed E-state index contributed by atoms with van der Waals surface area (Å²) in [4.78, 5) is 18.3. The molecule has 0 atom stereocenters. The molecule has 4 aromatic rings. The molecular weight excluding hydrogens is 384 g/mol. The SMILES string of the molecule is NC(=O)c1ccc2c(c1)cc(N1CCC(Cc3ccccc3)CC1)n2-c1ccncc1. The van der Waals surface area contributed by atoms with E-state index >= 15 is 0 Å². The molecule has 3 heterocycles. The molecule has 1 fully saturated rings. The number of rotatable bonds is 5. The predicted octanol–water partition coefficient (Wildman–Crippen LogP) is 4.58. The van der Waals surface area contributed by atoms with Crippen LogP contribution in [0.2, 0.25) is 0 Å². The first-order valence-corrected chi connectivity index (χ1v) is 10.8. The summed E-state index contributed by atoms with van der Waals surface area (Å²) in [5.41, 5.74) is 9.61. The molecule has 1 saturated heterocycles. The molecule has 2 aromatic heterocycles. The van der Waals surface area contributed by atoms with Crippen LogP contribution < -0.4 is 10.6 Å². The highest BCUT2D eigenvalue weighted by Gasteiger charge is 2.23. The Morgan fingerprint density at radius 2 is 1.71 bits per heavy atom. The third kappa shape index (κ3) is 3.91. The van der Waals surface area contributed by atoms with E-state index in [1.807, 2.05) is 36.7 Å². The van der Waals surface area contributed by atoms with Gasteiger partial charge in [0.1, 0.15) is 5.82 Å². The summed E-state index contributed by atoms with van der Waals surface area (Å²) in [6.07, 6.45) is 7.10. The number of fused-ring (bicyclic) bond motifs is 1. The molecule has 5 nitrogen and oxygen atoms in total. The van der Waals surface area contributed by atoms with Gasteiger partial charge in [-0.2, -0.15) is 0 Å². The fourth-order valence-electron chi connectivity index (χ4n) is 4.66. The number of carbonyl (C=O) groups excluding carboxylic acids is 1. The van der Waals surface area contributed by atoms with Crippen molar-refractivity contribution in [1.82, 2.24) is 9.55 Å². The van der Waals surface area contributed by atoms with E-state index in [-0.39, 0.29) is 0 Å². The summed E-state index contributed by atoms with van der Waals surface area (Å²) in [7, 11) is 0. The molecule has 5 rings (SSSR count). The molecule has 1 amide bonds. The highest BCUT2D eigenvalue weighted by Crippen LogP contribution is 2.33. The minimum Gasteiger partial charge on any atom is -0.366 e. The normalized spacial score (nSPS) is 14.8. The molecular formula is C26H26N4O. The summed E-state index contributed by atoms with van der Waals surface area (Å²) in [5, 5.41) is 1.02. The Labute approximate surface area is 182 Å². The zero-order chi connectivity index (χ0) is 21.2. The molecule has 1 aliphatic rings. The van der Waals surface area contributed by atoms with Gasteiger partial charge in [0, 0.05) is 36.4 Å². The van der Waals surface area contributed by atoms with Gasteiger partial charge in [-0.05, 0) is 67.1 Å². The van der Waals surface area contributed by atoms with Gasteiger partial charge >= 0.3 is 0 Å². The Balaban J connectivity index is 1.46. The Morgan fingerprint density at radius 1 is 0.968 bits per heavy atom. The van der Waals surface area contributed by atoms with Crippen LogP contribution >= 0.6 is 0 Å². The van der Waals surface area contributed by atoms with E-state index in [2.05, 4.69) is 50.8 Å². The third-order valence-electron chi connectivity index (χ3n) is 6.29. The topological polar surface area (TPSA) is 64.2 Å². The number of nitrogens with two attached hydrogens (primary N) is 1. The first kappa shape index (κ1) is 19.4. The average molecular weight is 411 g/mol. The fourth-order valence-corrected chi connectivity index (χ4v) is 4.66. The molecule has 0 unspecified atom stereocenters. The highest BCUT2D eigenvalue weighted by molar-refractivity contribution is 5.98. The first-order chi connectivity index (χ1) is 15.2. The number of nitrogens with zero attached hydrogens (tertiary/aromatic N) is 3. The van der Waals surface area contributed by atoms with Crippen molar-refractivity contribution in [2.45, 2.75) is 19.3 Å². The van der Waals surface area contributed by atoms with Crippen LogP contribution in [0, 0.1) is 5.92 Å². The second kappa shape index (κ2) is 8.26. The number of primary amides is 1. The van der Waals surface area contributed by atoms with E-state index in [1.165, 1.54) is 18.4 Å². The Hall–Kier alpha value is -3.60. The maximum Gasteiger partial charge on any atom is 0.248 e. The molecule has 156 valence electrons. The lowest BCUT2D eigenvalue weighted by Crippen LogP contribution is -2.35. The molecule has 0 aliphatic carbocycles. The third-order valence-corrected chi connectivity index (χ3v) is 6.29. The second-order valence-electron chi connectivity index (χ2n) is 8.30. The highest BCUT2D eigenvalue weighted by atomic mass is 16.1. The Bertz CT molecular complexity index is 1190. The lowest BCUT2D eigenvalue weighted by atomic mass is 9.90. The van der Waals surface area contributed by atoms with Gasteiger partial charge in [-0.15, -0.1) is 0 Å². The van der Waals surface area contributed by atoms with Crippen LogP contribution in [-0.4, -0.2) is 28.5 Å². The quantitative estimate of drug-likeness (QED) is 0.524. The molecule has 1 aliphatic heterocycles. The number of piperidine rings is 1. The van der Waals surface area contributed by atoms with E-state index in [0.717, 1.165) is 41.9 Å². The minimum atomic E-state index is -0.401. The van der Waals surface area contributed by atoms with Gasteiger partial charge in [-0.1, -0.05) is 30.3 Å². The Kier molecular flexibility index (Phi) is 5.16. The van der Waals surface area contributed by atoms with Gasteiger partial charge in [0.2, 0.25) is 5.91 Å². The van der Waals surface area contributed by atoms with Crippen LogP contribution in [0.15, 0.2) is 79.1 Å². The molecule has 0 saturated carbocycles. The molecule has 0 spiro atoms. The van der Waals surface area contributed by atoms with Crippen molar-refractivity contribution in [3.8, 4) is 5.69 Å². The molecule has 2 aromatic carbocycles. The van der Waals surface area contributed by atoms with Crippen LogP contribution in [0.5, 0.6) is 0 Å². The number of aromatic nitrogens is 2. The molecule has 2 N–H and O–H groups in total. The predicted molar refractivity (Wildman–Crippen MR) is 125 cm³/mol. The number of hydrogen-bond donors (Lipinski definition) is 1. The summed E-state index contributed by atoms with van der Waals surface area (Å²) < 4.78 is 2.26. The zero-order valence-electron chi connectivity index (χ0n) is 17.4. The van der Waals surface area contributed by atoms with Crippen molar-refractivity contribution in [1.29, 1.82) is 0 Å². The standard InChI is InChI=1S/C26H26N4O/c27-26(31)21-6-7-24-22(17-21)18-25(30(24)23-8-12-28-13-9-23)29-14-10-20(11-15-29)16-19-4-2-1-3-5-19/h1-9,12-13,17-18,20H,10-11,14-16H2,(H2,27,31). The van der Waals surface area contributed by atoms with Crippen molar-refractivity contribution in [3.05, 3.63) is 90.3 Å². The van der Waals surface area contributed by atoms with Gasteiger partial charge in [0.15, 0.2) is 0 Å². The van der Waals surface area contributed by atoms with E-state index in [0.29, 0.717) is 11.5 Å². The van der Waals surface area contributed by atoms with Crippen molar-refractivity contribution in [3.63, 3.8) is 0 Å². The van der Waals surface area contributed by atoms with Crippen molar-refractivity contribution in [2.24, 2.45) is 11.7 Å². The summed E-state index contributed by atoms with van der Waals surface area (Å²) in [5.74, 6) is 1.46. The van der Waals surface area contributed by atoms with Gasteiger partial charge in [-0.25, -0.2) is 0 Å². The van der Waals surface area contributed by atoms with Crippen LogP contribution in [0.3, 0.4) is 0 Å². The van der Waals surface area contributed by atoms with E-state index < -0.39 is 5.91 Å². The van der Waals surface area contributed by atoms with Crippen molar-refractivity contribution < 1.29 is 4.79 Å². The maximum absolute atomic E-state index is 11.7. The number of anilines is 1. The van der Waals surface area contributed by atoms with Gasteiger partial charge in [-0.3, -0.25) is 14.3 Å². The number of carbonyl (C=O) groups is 1. The van der Waals surface area contributed by atoms with Crippen LogP contribution in [0.25, 0.3) is 16.6 Å². The summed E-state index contributed by atoms with van der Waals surface area (Å²) in [6.45, 7) is 2.03.